The number of rotatable bonds is 2. The Morgan fingerprint density at radius 2 is 1.20 bits per heavy atom. The molecule has 0 amide bonds. The van der Waals surface area contributed by atoms with Gasteiger partial charge in [0, 0.05) is 0 Å². The van der Waals surface area contributed by atoms with Gasteiger partial charge in [-0.3, -0.25) is 4.55 Å². The van der Waals surface area contributed by atoms with E-state index in [9.17, 15) is 21.4 Å². The monoisotopic (exact) mass is 333 g/mol. The van der Waals surface area contributed by atoms with Crippen LogP contribution >= 0.6 is 0 Å². The maximum absolute atomic E-state index is 10.9. The van der Waals surface area contributed by atoms with E-state index in [4.69, 9.17) is 4.55 Å². The van der Waals surface area contributed by atoms with Crippen molar-refractivity contribution in [1.29, 1.82) is 0 Å². The molecule has 0 radical (unpaired) electrons. The van der Waals surface area contributed by atoms with Crippen LogP contribution in [0.4, 0.5) is 0 Å². The van der Waals surface area contributed by atoms with E-state index in [0.29, 0.717) is 10.8 Å². The van der Waals surface area contributed by atoms with Crippen LogP contribution in [0.3, 0.4) is 0 Å². The van der Waals surface area contributed by atoms with Gasteiger partial charge in [0.15, 0.2) is 0 Å². The molecule has 0 unspecified atom stereocenters. The normalized spacial score (nSPS) is 11.5. The molecule has 0 aliphatic heterocycles. The fraction of sp³-hybridized carbons (Fsp3) is 0. The second kappa shape index (κ2) is 7.19. The van der Waals surface area contributed by atoms with Gasteiger partial charge in [0.05, 0.1) is 9.79 Å². The number of fused-ring (bicyclic) bond motifs is 1. The van der Waals surface area contributed by atoms with Gasteiger partial charge in [0.1, 0.15) is 10.1 Å². The van der Waals surface area contributed by atoms with Gasteiger partial charge in [-0.05, 0) is 35.0 Å². The number of benzene rings is 2. The summed E-state index contributed by atoms with van der Waals surface area (Å²) >= 11 is 0. The third-order valence-corrected chi connectivity index (χ3v) is 4.05. The van der Waals surface area contributed by atoms with Gasteiger partial charge in [-0.15, -0.1) is 0 Å². The zero-order chi connectivity index (χ0) is 13.6. The molecule has 0 heterocycles. The second-order valence-electron chi connectivity index (χ2n) is 3.60. The fourth-order valence-corrected chi connectivity index (χ4v) is 2.54. The zero-order valence-electron chi connectivity index (χ0n) is 10.8. The average molecular weight is 333 g/mol. The van der Waals surface area contributed by atoms with Crippen LogP contribution in [-0.4, -0.2) is 25.9 Å². The molecule has 20 heavy (non-hydrogen) atoms. The summed E-state index contributed by atoms with van der Waals surface area (Å²) in [5, 5.41) is 0.789. The van der Waals surface area contributed by atoms with Gasteiger partial charge in [-0.25, -0.2) is 8.42 Å². The first-order valence-electron chi connectivity index (χ1n) is 4.65. The first kappa shape index (κ1) is 20.5. The Balaban J connectivity index is 0.00000180. The van der Waals surface area contributed by atoms with Crippen LogP contribution in [0.15, 0.2) is 46.2 Å². The molecule has 0 saturated heterocycles. The molecule has 0 saturated carbocycles. The molecular formula is C10H7Na2O6S2+. The number of hydrogen-bond acceptors (Lipinski definition) is 5. The predicted molar refractivity (Wildman–Crippen MR) is 61.7 cm³/mol. The Morgan fingerprint density at radius 3 is 1.60 bits per heavy atom. The van der Waals surface area contributed by atoms with Crippen LogP contribution in [0.1, 0.15) is 0 Å². The van der Waals surface area contributed by atoms with Crippen molar-refractivity contribution < 1.29 is 85.1 Å². The van der Waals surface area contributed by atoms with E-state index in [2.05, 4.69) is 0 Å². The Kier molecular flexibility index (Phi) is 7.37. The molecule has 96 valence electrons. The van der Waals surface area contributed by atoms with Crippen LogP contribution in [0.2, 0.25) is 0 Å². The minimum Gasteiger partial charge on any atom is -0.744 e. The van der Waals surface area contributed by atoms with Gasteiger partial charge in [0.2, 0.25) is 0 Å². The standard InChI is InChI=1S/C10H8O6S2.2Na/c11-17(12,13)9-3-1-7-5-10(18(14,15)16)4-2-8(7)6-9;;/h1-6H,(H,11,12,13)(H,14,15,16);;/q;2*+1/p-1. The summed E-state index contributed by atoms with van der Waals surface area (Å²) in [6.07, 6.45) is 0. The fourth-order valence-electron chi connectivity index (χ4n) is 1.52. The van der Waals surface area contributed by atoms with Crippen LogP contribution < -0.4 is 59.1 Å². The van der Waals surface area contributed by atoms with Crippen molar-refractivity contribution in [3.05, 3.63) is 36.4 Å². The molecule has 6 nitrogen and oxygen atoms in total. The van der Waals surface area contributed by atoms with E-state index < -0.39 is 25.1 Å². The zero-order valence-corrected chi connectivity index (χ0v) is 16.4. The van der Waals surface area contributed by atoms with Crippen molar-refractivity contribution >= 4 is 31.0 Å². The van der Waals surface area contributed by atoms with Crippen LogP contribution in [-0.2, 0) is 20.2 Å². The first-order chi connectivity index (χ1) is 8.18. The van der Waals surface area contributed by atoms with Crippen molar-refractivity contribution in [3.8, 4) is 0 Å². The second-order valence-corrected chi connectivity index (χ2v) is 6.40. The summed E-state index contributed by atoms with van der Waals surface area (Å²) in [6, 6.07) is 7.15. The van der Waals surface area contributed by atoms with E-state index in [1.165, 1.54) is 18.2 Å². The van der Waals surface area contributed by atoms with Crippen LogP contribution in [0.25, 0.3) is 10.8 Å². The third kappa shape index (κ3) is 4.77. The molecule has 2 rings (SSSR count). The Hall–Kier alpha value is 0.520. The number of hydrogen-bond donors (Lipinski definition) is 1. The molecule has 10 heteroatoms. The van der Waals surface area contributed by atoms with Crippen molar-refractivity contribution in [2.75, 3.05) is 0 Å². The maximum atomic E-state index is 10.9. The summed E-state index contributed by atoms with van der Waals surface area (Å²) < 4.78 is 63.1. The van der Waals surface area contributed by atoms with Crippen LogP contribution in [0, 0.1) is 0 Å². The largest absolute Gasteiger partial charge is 1.00 e. The Labute approximate surface area is 160 Å². The first-order valence-corrected chi connectivity index (χ1v) is 7.50. The van der Waals surface area contributed by atoms with Crippen molar-refractivity contribution in [1.82, 2.24) is 0 Å². The van der Waals surface area contributed by atoms with E-state index in [1.54, 1.807) is 0 Å². The van der Waals surface area contributed by atoms with E-state index in [1.807, 2.05) is 0 Å². The summed E-state index contributed by atoms with van der Waals surface area (Å²) in [6.45, 7) is 0. The molecule has 0 aliphatic carbocycles. The molecule has 2 aromatic rings. The van der Waals surface area contributed by atoms with E-state index in [-0.39, 0.29) is 64.0 Å². The molecule has 0 fully saturated rings. The van der Waals surface area contributed by atoms with Crippen molar-refractivity contribution in [3.63, 3.8) is 0 Å². The molecule has 0 bridgehead atoms. The molecule has 0 atom stereocenters. The molecule has 0 aromatic heterocycles. The van der Waals surface area contributed by atoms with E-state index >= 15 is 0 Å². The molecule has 0 spiro atoms. The summed E-state index contributed by atoms with van der Waals surface area (Å²) in [5.74, 6) is 0. The minimum absolute atomic E-state index is 0. The summed E-state index contributed by atoms with van der Waals surface area (Å²) in [7, 11) is -8.86. The van der Waals surface area contributed by atoms with Crippen LogP contribution in [0.5, 0.6) is 0 Å². The smallest absolute Gasteiger partial charge is 0.744 e. The third-order valence-electron chi connectivity index (χ3n) is 2.37. The topological polar surface area (TPSA) is 112 Å². The minimum atomic E-state index is -4.55. The predicted octanol–water partition coefficient (Wildman–Crippen LogP) is -5.00. The Morgan fingerprint density at radius 1 is 0.800 bits per heavy atom. The summed E-state index contributed by atoms with van der Waals surface area (Å²) in [4.78, 5) is -0.692. The van der Waals surface area contributed by atoms with Gasteiger partial charge in [-0.1, -0.05) is 12.1 Å². The molecule has 2 aromatic carbocycles. The van der Waals surface area contributed by atoms with E-state index in [0.717, 1.165) is 18.2 Å². The molecular weight excluding hydrogens is 326 g/mol. The Bertz CT molecular complexity index is 759. The average Bonchev–Trinajstić information content (AvgIpc) is 2.25. The van der Waals surface area contributed by atoms with Gasteiger partial charge in [-0.2, -0.15) is 8.42 Å². The molecule has 0 aliphatic rings. The van der Waals surface area contributed by atoms with Gasteiger partial charge < -0.3 is 4.55 Å². The van der Waals surface area contributed by atoms with Gasteiger partial charge >= 0.3 is 59.1 Å². The summed E-state index contributed by atoms with van der Waals surface area (Å²) in [5.41, 5.74) is 0. The maximum Gasteiger partial charge on any atom is 1.00 e. The SMILES string of the molecule is O=S(=O)([O-])c1ccc2cc(S(=O)(=O)O)ccc2c1.[Na+].[Na+]. The quantitative estimate of drug-likeness (QED) is 0.435. The van der Waals surface area contributed by atoms with Crippen molar-refractivity contribution in [2.45, 2.75) is 9.79 Å². The van der Waals surface area contributed by atoms with Crippen molar-refractivity contribution in [2.24, 2.45) is 0 Å². The molecule has 1 N–H and O–H groups in total. The van der Waals surface area contributed by atoms with Gasteiger partial charge in [0.25, 0.3) is 10.1 Å².